The van der Waals surface area contributed by atoms with Crippen LogP contribution in [0.15, 0.2) is 46.0 Å². The van der Waals surface area contributed by atoms with E-state index in [0.29, 0.717) is 5.69 Å². The monoisotopic (exact) mass is 282 g/mol. The lowest BCUT2D eigenvalue weighted by atomic mass is 10.1. The SMILES string of the molecule is CC(N)c1ccc(S(=O)(=O)Nc2ccsc2)cc1. The zero-order chi connectivity index (χ0) is 13.2. The number of thiophene rings is 1. The van der Waals surface area contributed by atoms with Crippen LogP contribution in [-0.4, -0.2) is 8.42 Å². The van der Waals surface area contributed by atoms with E-state index in [1.807, 2.05) is 12.3 Å². The summed E-state index contributed by atoms with van der Waals surface area (Å²) in [5.41, 5.74) is 7.21. The fourth-order valence-corrected chi connectivity index (χ4v) is 3.20. The highest BCUT2D eigenvalue weighted by molar-refractivity contribution is 7.92. The Bertz CT molecular complexity index is 602. The summed E-state index contributed by atoms with van der Waals surface area (Å²) in [4.78, 5) is 0.234. The van der Waals surface area contributed by atoms with Crippen molar-refractivity contribution in [1.82, 2.24) is 0 Å². The van der Waals surface area contributed by atoms with Gasteiger partial charge in [-0.25, -0.2) is 8.42 Å². The molecule has 1 atom stereocenters. The van der Waals surface area contributed by atoms with Crippen molar-refractivity contribution in [3.8, 4) is 0 Å². The van der Waals surface area contributed by atoms with E-state index in [1.54, 1.807) is 35.7 Å². The van der Waals surface area contributed by atoms with E-state index in [0.717, 1.165) is 5.56 Å². The van der Waals surface area contributed by atoms with Crippen LogP contribution < -0.4 is 10.5 Å². The lowest BCUT2D eigenvalue weighted by Gasteiger charge is -2.08. The van der Waals surface area contributed by atoms with Crippen LogP contribution in [0.2, 0.25) is 0 Å². The van der Waals surface area contributed by atoms with E-state index in [9.17, 15) is 8.42 Å². The second-order valence-electron chi connectivity index (χ2n) is 3.98. The van der Waals surface area contributed by atoms with Gasteiger partial charge in [-0.15, -0.1) is 0 Å². The van der Waals surface area contributed by atoms with E-state index in [1.165, 1.54) is 11.3 Å². The van der Waals surface area contributed by atoms with Crippen molar-refractivity contribution in [3.63, 3.8) is 0 Å². The molecule has 18 heavy (non-hydrogen) atoms. The minimum atomic E-state index is -3.51. The van der Waals surface area contributed by atoms with Crippen LogP contribution in [0.1, 0.15) is 18.5 Å². The van der Waals surface area contributed by atoms with E-state index >= 15 is 0 Å². The smallest absolute Gasteiger partial charge is 0.261 e. The summed E-state index contributed by atoms with van der Waals surface area (Å²) in [5, 5.41) is 3.56. The Morgan fingerprint density at radius 2 is 1.89 bits per heavy atom. The first-order valence-electron chi connectivity index (χ1n) is 5.39. The third kappa shape index (κ3) is 2.90. The Kier molecular flexibility index (Phi) is 3.70. The third-order valence-corrected chi connectivity index (χ3v) is 4.57. The number of hydrogen-bond donors (Lipinski definition) is 2. The molecule has 1 aromatic carbocycles. The number of sulfonamides is 1. The molecule has 96 valence electrons. The van der Waals surface area contributed by atoms with Crippen LogP contribution >= 0.6 is 11.3 Å². The minimum absolute atomic E-state index is 0.105. The van der Waals surface area contributed by atoms with E-state index in [4.69, 9.17) is 5.73 Å². The molecule has 0 fully saturated rings. The van der Waals surface area contributed by atoms with Crippen LogP contribution in [0.25, 0.3) is 0 Å². The predicted octanol–water partition coefficient (Wildman–Crippen LogP) is 2.57. The van der Waals surface area contributed by atoms with Gasteiger partial charge in [-0.05, 0) is 36.1 Å². The summed E-state index contributed by atoms with van der Waals surface area (Å²) in [5.74, 6) is 0. The molecule has 3 N–H and O–H groups in total. The van der Waals surface area contributed by atoms with Crippen LogP contribution in [0.3, 0.4) is 0 Å². The molecule has 0 amide bonds. The van der Waals surface area contributed by atoms with Gasteiger partial charge in [0.1, 0.15) is 0 Å². The lowest BCUT2D eigenvalue weighted by Crippen LogP contribution is -2.13. The standard InChI is InChI=1S/C12H14N2O2S2/c1-9(13)10-2-4-12(5-3-10)18(15,16)14-11-6-7-17-8-11/h2-9,14H,13H2,1H3. The topological polar surface area (TPSA) is 72.2 Å². The molecule has 0 spiro atoms. The molecular weight excluding hydrogens is 268 g/mol. The van der Waals surface area contributed by atoms with Crippen LogP contribution in [0.5, 0.6) is 0 Å². The maximum absolute atomic E-state index is 12.0. The Hall–Kier alpha value is -1.37. The van der Waals surface area contributed by atoms with Crippen LogP contribution in [0, 0.1) is 0 Å². The van der Waals surface area contributed by atoms with Gasteiger partial charge in [0.15, 0.2) is 0 Å². The Balaban J connectivity index is 2.25. The van der Waals surface area contributed by atoms with Gasteiger partial charge < -0.3 is 5.73 Å². The first kappa shape index (κ1) is 13.1. The molecule has 4 nitrogen and oxygen atoms in total. The van der Waals surface area contributed by atoms with Crippen molar-refractivity contribution in [1.29, 1.82) is 0 Å². The molecular formula is C12H14N2O2S2. The van der Waals surface area contributed by atoms with Crippen LogP contribution in [-0.2, 0) is 10.0 Å². The maximum Gasteiger partial charge on any atom is 0.261 e. The molecule has 1 aromatic heterocycles. The molecule has 1 heterocycles. The number of hydrogen-bond acceptors (Lipinski definition) is 4. The van der Waals surface area contributed by atoms with E-state index in [-0.39, 0.29) is 10.9 Å². The normalized spacial score (nSPS) is 13.2. The Morgan fingerprint density at radius 3 is 2.39 bits per heavy atom. The summed E-state index contributed by atoms with van der Waals surface area (Å²) in [6, 6.07) is 8.20. The third-order valence-electron chi connectivity index (χ3n) is 2.49. The Labute approximate surface area is 111 Å². The van der Waals surface area contributed by atoms with Crippen molar-refractivity contribution in [2.24, 2.45) is 5.73 Å². The fraction of sp³-hybridized carbons (Fsp3) is 0.167. The van der Waals surface area contributed by atoms with Gasteiger partial charge in [-0.3, -0.25) is 4.72 Å². The van der Waals surface area contributed by atoms with Gasteiger partial charge in [0.05, 0.1) is 10.6 Å². The fourth-order valence-electron chi connectivity index (χ4n) is 1.49. The number of nitrogens with two attached hydrogens (primary N) is 1. The Morgan fingerprint density at radius 1 is 1.22 bits per heavy atom. The van der Waals surface area contributed by atoms with Crippen molar-refractivity contribution >= 4 is 27.0 Å². The number of rotatable bonds is 4. The van der Waals surface area contributed by atoms with Crippen molar-refractivity contribution in [2.75, 3.05) is 4.72 Å². The largest absolute Gasteiger partial charge is 0.324 e. The quantitative estimate of drug-likeness (QED) is 0.905. The second kappa shape index (κ2) is 5.09. The molecule has 0 saturated heterocycles. The first-order chi connectivity index (χ1) is 8.49. The highest BCUT2D eigenvalue weighted by Crippen LogP contribution is 2.19. The molecule has 2 aromatic rings. The van der Waals surface area contributed by atoms with Gasteiger partial charge in [0, 0.05) is 11.4 Å². The van der Waals surface area contributed by atoms with E-state index < -0.39 is 10.0 Å². The van der Waals surface area contributed by atoms with Gasteiger partial charge in [0.25, 0.3) is 10.0 Å². The summed E-state index contributed by atoms with van der Waals surface area (Å²) in [7, 11) is -3.51. The number of nitrogens with one attached hydrogen (secondary N) is 1. The van der Waals surface area contributed by atoms with Crippen molar-refractivity contribution in [2.45, 2.75) is 17.9 Å². The van der Waals surface area contributed by atoms with Crippen molar-refractivity contribution < 1.29 is 8.42 Å². The molecule has 0 saturated carbocycles. The summed E-state index contributed by atoms with van der Waals surface area (Å²) in [6.07, 6.45) is 0. The zero-order valence-corrected chi connectivity index (χ0v) is 11.5. The molecule has 0 radical (unpaired) electrons. The maximum atomic E-state index is 12.0. The summed E-state index contributed by atoms with van der Waals surface area (Å²) in [6.45, 7) is 1.85. The molecule has 0 bridgehead atoms. The van der Waals surface area contributed by atoms with Gasteiger partial charge in [-0.1, -0.05) is 12.1 Å². The van der Waals surface area contributed by atoms with Gasteiger partial charge in [0.2, 0.25) is 0 Å². The predicted molar refractivity (Wildman–Crippen MR) is 74.2 cm³/mol. The average Bonchev–Trinajstić information content (AvgIpc) is 2.81. The summed E-state index contributed by atoms with van der Waals surface area (Å²) >= 11 is 1.44. The molecule has 6 heteroatoms. The van der Waals surface area contributed by atoms with Crippen molar-refractivity contribution in [3.05, 3.63) is 46.7 Å². The van der Waals surface area contributed by atoms with Crippen LogP contribution in [0.4, 0.5) is 5.69 Å². The lowest BCUT2D eigenvalue weighted by molar-refractivity contribution is 0.601. The molecule has 0 aliphatic carbocycles. The summed E-state index contributed by atoms with van der Waals surface area (Å²) < 4.78 is 26.6. The molecule has 0 aliphatic heterocycles. The average molecular weight is 282 g/mol. The number of benzene rings is 1. The molecule has 2 rings (SSSR count). The molecule has 0 aliphatic rings. The van der Waals surface area contributed by atoms with Gasteiger partial charge in [-0.2, -0.15) is 11.3 Å². The van der Waals surface area contributed by atoms with E-state index in [2.05, 4.69) is 4.72 Å². The highest BCUT2D eigenvalue weighted by atomic mass is 32.2. The highest BCUT2D eigenvalue weighted by Gasteiger charge is 2.14. The zero-order valence-electron chi connectivity index (χ0n) is 9.83. The number of anilines is 1. The minimum Gasteiger partial charge on any atom is -0.324 e. The van der Waals surface area contributed by atoms with Gasteiger partial charge >= 0.3 is 0 Å². The first-order valence-corrected chi connectivity index (χ1v) is 7.82. The second-order valence-corrected chi connectivity index (χ2v) is 6.44. The molecule has 1 unspecified atom stereocenters.